The zero-order valence-electron chi connectivity index (χ0n) is 60.8. The van der Waals surface area contributed by atoms with E-state index in [9.17, 15) is 19.2 Å². The van der Waals surface area contributed by atoms with E-state index < -0.39 is 5.97 Å². The number of halogens is 62. The van der Waals surface area contributed by atoms with Gasteiger partial charge in [0.1, 0.15) is 17.0 Å². The Morgan fingerprint density at radius 3 is 0.868 bits per heavy atom. The van der Waals surface area contributed by atoms with E-state index in [0.29, 0.717) is 83.5 Å². The minimum Gasteiger partial charge on any atom is -0.477 e. The largest absolute Gasteiger partial charge is 0.477 e. The Morgan fingerprint density at radius 2 is 0.612 bits per heavy atom. The number of likely N-dealkylation sites (tertiary alicyclic amines) is 2. The lowest BCUT2D eigenvalue weighted by molar-refractivity contribution is 0.0688. The van der Waals surface area contributed by atoms with Crippen molar-refractivity contribution in [1.29, 1.82) is 0 Å². The number of imidazole rings is 2. The molecular weight excluding hydrogens is 2040 g/mol. The number of methoxy groups -OCH3 is 2. The molecule has 10 rings (SSSR count). The number of fused-ring (bicyclic) bond motifs is 2. The van der Waals surface area contributed by atoms with Crippen LogP contribution in [0.2, 0.25) is 0 Å². The van der Waals surface area contributed by atoms with Crippen molar-refractivity contribution in [2.24, 2.45) is 0 Å². The molecule has 2 aliphatic heterocycles. The van der Waals surface area contributed by atoms with Gasteiger partial charge in [0.25, 0.3) is 5.91 Å². The van der Waals surface area contributed by atoms with Gasteiger partial charge in [-0.3, -0.25) is 13.6 Å². The van der Waals surface area contributed by atoms with Crippen molar-refractivity contribution in [1.82, 2.24) is 48.9 Å². The number of carboxylic acid groups (broad SMARTS) is 1. The van der Waals surface area contributed by atoms with Crippen molar-refractivity contribution < 1.29 is 326 Å². The first kappa shape index (κ1) is 181. The molecule has 2 aliphatic rings. The number of nitrogens with one attached hydrogen (secondary N) is 1. The number of aromatic nitrogens is 8. The molecule has 778 valence electrons. The number of carboxylic acids is 1. The fourth-order valence-electron chi connectivity index (χ4n) is 7.22. The minimum absolute atomic E-state index is 0.0198. The average Bonchev–Trinajstić information content (AvgIpc) is 1.70. The summed E-state index contributed by atoms with van der Waals surface area (Å²) in [6.07, 6.45) is 5.85. The van der Waals surface area contributed by atoms with Gasteiger partial charge >= 0.3 is 18.2 Å². The number of ether oxygens (including phenoxy) is 2. The summed E-state index contributed by atoms with van der Waals surface area (Å²) < 4.78 is 519. The van der Waals surface area contributed by atoms with Crippen molar-refractivity contribution >= 4 is 46.7 Å². The topological polar surface area (TPSA) is 264 Å². The monoisotopic (exact) mass is 2090 g/mol. The molecule has 0 atom stereocenters. The van der Waals surface area contributed by atoms with Crippen LogP contribution in [0.1, 0.15) is 66.8 Å². The second-order valence-corrected chi connectivity index (χ2v) is 16.1. The lowest BCUT2D eigenvalue weighted by Crippen LogP contribution is -2.48. The van der Waals surface area contributed by atoms with Gasteiger partial charge in [0.15, 0.2) is 5.69 Å². The van der Waals surface area contributed by atoms with Crippen LogP contribution in [0.15, 0.2) is 94.5 Å². The summed E-state index contributed by atoms with van der Waals surface area (Å²) in [5, 5.41) is 19.8. The minimum atomic E-state index is -0.960. The van der Waals surface area contributed by atoms with E-state index in [4.69, 9.17) is 308 Å². The third-order valence-corrected chi connectivity index (χ3v) is 11.3. The van der Waals surface area contributed by atoms with E-state index in [2.05, 4.69) is 40.3 Å². The van der Waals surface area contributed by atoms with Gasteiger partial charge in [-0.1, -0.05) is 46.7 Å². The molecule has 0 spiro atoms. The molecule has 8 heterocycles. The Bertz CT molecular complexity index is 3270. The molecule has 0 unspecified atom stereocenters. The smallest absolute Gasteiger partial charge is 0.409 e. The first-order chi connectivity index (χ1) is 63.2. The first-order valence-electron chi connectivity index (χ1n) is 25.3. The highest BCUT2D eigenvalue weighted by Crippen LogP contribution is 2.31. The summed E-state index contributed by atoms with van der Waals surface area (Å²) in [7, 11) is 2.72. The number of aryl methyl sites for hydroxylation is 4. The second kappa shape index (κ2) is 169. The van der Waals surface area contributed by atoms with Crippen LogP contribution in [0.25, 0.3) is 34.1 Å². The van der Waals surface area contributed by atoms with E-state index in [1.165, 1.54) is 20.4 Å². The number of nitrogens with two attached hydrogens (primary N) is 1. The van der Waals surface area contributed by atoms with Crippen LogP contribution in [-0.4, -0.2) is 118 Å². The van der Waals surface area contributed by atoms with Crippen LogP contribution >= 0.6 is 0 Å². The molecular formula is C46H46F62N12O9. The van der Waals surface area contributed by atoms with Gasteiger partial charge in [-0.25, -0.2) is 24.4 Å². The van der Waals surface area contributed by atoms with Gasteiger partial charge in [-0.05, 0) is 74.2 Å². The number of nitrogens with zero attached hydrogens (tertiary/aromatic N) is 10. The van der Waals surface area contributed by atoms with E-state index in [1.54, 1.807) is 37.1 Å². The van der Waals surface area contributed by atoms with E-state index >= 15 is 0 Å². The molecule has 6 aromatic heterocycles. The summed E-state index contributed by atoms with van der Waals surface area (Å²) >= 11 is 0. The number of rotatable bonds is 7. The Morgan fingerprint density at radius 1 is 0.364 bits per heavy atom. The summed E-state index contributed by atoms with van der Waals surface area (Å²) in [6.45, 7) is 9.74. The summed E-state index contributed by atoms with van der Waals surface area (Å²) in [6, 6.07) is 18.7. The first-order valence-corrected chi connectivity index (χ1v) is 25.3. The SMILES string of the molecule is COC(=O)N1CC(c2nc(-c3ccc(C)c(N)c3)no2)C1.COC(=O)N1CC(c2nc(-c3ccc(C)c(NC(=O)c4cnc5ccc(C)cn45)c3)no2)C1.Cc1ccc2ncc(C(=O)O)n2c1.FF.FF.FF.FF.FF.FF.FF.FF.FF.FF.FF.FF.FF.FF.FF.FF.FF.FF.FF.FF.FF.FF.FF.FF.FF.FF.FF.FF.FF.FF.FF. The lowest BCUT2D eigenvalue weighted by Gasteiger charge is -2.35. The Kier molecular flexibility index (Phi) is 238. The predicted octanol–water partition coefficient (Wildman–Crippen LogP) is 32.6. The quantitative estimate of drug-likeness (QED) is 0.0989. The number of hydrogen-bond donors (Lipinski definition) is 3. The molecule has 21 nitrogen and oxygen atoms in total. The molecule has 2 fully saturated rings. The molecule has 8 aromatic rings. The van der Waals surface area contributed by atoms with E-state index in [0.717, 1.165) is 27.8 Å². The van der Waals surface area contributed by atoms with Crippen LogP contribution in [0.5, 0.6) is 0 Å². The molecule has 4 N–H and O–H groups in total. The molecule has 0 saturated carbocycles. The van der Waals surface area contributed by atoms with Gasteiger partial charge in [0, 0.05) is 345 Å². The van der Waals surface area contributed by atoms with Gasteiger partial charge < -0.3 is 44.5 Å². The van der Waals surface area contributed by atoms with Crippen LogP contribution < -0.4 is 11.1 Å². The molecule has 129 heavy (non-hydrogen) atoms. The fraction of sp³-hybridized carbons (Fsp3) is 0.261. The fourth-order valence-corrected chi connectivity index (χ4v) is 7.22. The Hall–Kier alpha value is -13.0. The normalized spacial score (nSPS) is 8.43. The predicted molar refractivity (Wildman–Crippen MR) is 310 cm³/mol. The Balaban J connectivity index is -0.0000000460. The molecule has 2 aromatic carbocycles. The Labute approximate surface area is 667 Å². The van der Waals surface area contributed by atoms with Crippen molar-refractivity contribution in [3.63, 3.8) is 0 Å². The maximum absolute atomic E-state index is 13.0. The highest BCUT2D eigenvalue weighted by Gasteiger charge is 2.37. The molecule has 83 heteroatoms. The average molecular weight is 2090 g/mol. The standard InChI is InChI=1S/C23H22N6O4.C14H16N4O3.C9H8N2O2.31F2/c1-13-4-7-19-24-9-18(29(19)10-13)21(30)25-17-8-15(6-5-14(17)2)20-26-22(33-27-20)16-11-28(12-16)23(31)32-3;1-8-3-4-9(5-11(8)15)12-16-13(21-17-12)10-6-18(7-10)14(19)20-2;1-6-2-3-8-10-4-7(9(12)13)11(8)5-6;31*1-2/h4-10,16H,11-12H2,1-3H3,(H,25,30);3-5,10H,6-7,15H2,1-2H3;2-5H,1H3,(H,12,13);;;;;;;;;;;;;;;;;;;;;;;;;;;;;;;. The number of carbonyl (C=O) groups excluding carboxylic acids is 3. The van der Waals surface area contributed by atoms with E-state index in [-0.39, 0.29) is 35.6 Å². The maximum Gasteiger partial charge on any atom is 0.409 e. The molecule has 2 saturated heterocycles. The van der Waals surface area contributed by atoms with Crippen LogP contribution in [0.3, 0.4) is 0 Å². The van der Waals surface area contributed by atoms with Crippen molar-refractivity contribution in [3.8, 4) is 22.8 Å². The lowest BCUT2D eigenvalue weighted by atomic mass is 10.0. The number of benzene rings is 2. The van der Waals surface area contributed by atoms with Crippen molar-refractivity contribution in [2.75, 3.05) is 51.4 Å². The molecule has 0 bridgehead atoms. The zero-order chi connectivity index (χ0) is 110. The highest BCUT2D eigenvalue weighted by molar-refractivity contribution is 6.04. The van der Waals surface area contributed by atoms with Gasteiger partial charge in [0.2, 0.25) is 23.4 Å². The number of amides is 3. The van der Waals surface area contributed by atoms with Crippen LogP contribution in [0, 0.1) is 27.7 Å². The third-order valence-electron chi connectivity index (χ3n) is 11.3. The van der Waals surface area contributed by atoms with Gasteiger partial charge in [-0.2, -0.15) is 9.97 Å². The zero-order valence-corrected chi connectivity index (χ0v) is 60.8. The van der Waals surface area contributed by atoms with E-state index in [1.807, 2.05) is 88.5 Å². The second-order valence-electron chi connectivity index (χ2n) is 16.1. The number of hydrogen-bond acceptors (Lipinski definition) is 15. The van der Waals surface area contributed by atoms with Crippen LogP contribution in [-0.2, 0) is 9.47 Å². The van der Waals surface area contributed by atoms with Crippen molar-refractivity contribution in [2.45, 2.75) is 39.5 Å². The summed E-state index contributed by atoms with van der Waals surface area (Å²) in [4.78, 5) is 66.8. The van der Waals surface area contributed by atoms with Crippen molar-refractivity contribution in [3.05, 3.63) is 131 Å². The molecule has 3 amide bonds. The molecule has 0 aliphatic carbocycles. The van der Waals surface area contributed by atoms with Gasteiger partial charge in [-0.15, -0.1) is 0 Å². The number of carbonyl (C=O) groups is 4. The number of nitrogen functional groups attached to an aromatic ring is 1. The summed E-state index contributed by atoms with van der Waals surface area (Å²) in [5.74, 6) is 0.747. The maximum atomic E-state index is 13.0. The third kappa shape index (κ3) is 85.6. The van der Waals surface area contributed by atoms with Crippen LogP contribution in [0.4, 0.5) is 305 Å². The number of anilines is 2. The highest BCUT2D eigenvalue weighted by atomic mass is 20.1. The summed E-state index contributed by atoms with van der Waals surface area (Å²) in [5.41, 5.74) is 14.7. The number of aromatic carboxylic acids is 1. The molecule has 0 radical (unpaired) electrons. The van der Waals surface area contributed by atoms with Gasteiger partial charge in [0.05, 0.1) is 38.4 Å². The number of pyridine rings is 2.